The number of carbonyl (C=O) groups excluding carboxylic acids is 1. The molecule has 6 aliphatic rings. The maximum Gasteiger partial charge on any atom is 0.138 e. The second-order valence-corrected chi connectivity index (χ2v) is 15.0. The van der Waals surface area contributed by atoms with Gasteiger partial charge < -0.3 is 4.74 Å². The first kappa shape index (κ1) is 21.9. The van der Waals surface area contributed by atoms with Gasteiger partial charge in [0.1, 0.15) is 11.4 Å². The molecule has 0 radical (unpaired) electrons. The molecular weight excluding hydrogens is 392 g/mol. The summed E-state index contributed by atoms with van der Waals surface area (Å²) in [5, 5.41) is 0. The summed E-state index contributed by atoms with van der Waals surface area (Å²) in [5.41, 5.74) is 2.77. The van der Waals surface area contributed by atoms with Gasteiger partial charge in [-0.1, -0.05) is 67.9 Å². The Morgan fingerprint density at radius 1 is 0.875 bits per heavy atom. The normalized spacial score (nSPS) is 57.2. The van der Waals surface area contributed by atoms with Gasteiger partial charge in [-0.05, 0) is 84.0 Å². The van der Waals surface area contributed by atoms with Crippen LogP contribution >= 0.6 is 0 Å². The molecule has 1 aliphatic heterocycles. The summed E-state index contributed by atoms with van der Waals surface area (Å²) < 4.78 is 6.98. The number of allylic oxidation sites excluding steroid dienone is 1. The summed E-state index contributed by atoms with van der Waals surface area (Å²) in [7, 11) is 0. The predicted octanol–water partition coefficient (Wildman–Crippen LogP) is 7.51. The molecule has 0 N–H and O–H groups in total. The molecule has 0 unspecified atom stereocenters. The molecule has 5 aliphatic carbocycles. The SMILES string of the molecule is CC1(C)C(=O)CC[C@]2(C)C3=CC[C@@]4(C)[C@@H]5CCCC(C)(C)[C@@]5(C)CC[C@]4(C)[C@]34O[C@@H]4C[C@@H]12. The Bertz CT molecular complexity index is 927. The van der Waals surface area contributed by atoms with Gasteiger partial charge in [0.2, 0.25) is 0 Å². The smallest absolute Gasteiger partial charge is 0.138 e. The second kappa shape index (κ2) is 5.77. The van der Waals surface area contributed by atoms with Crippen LogP contribution in [0.25, 0.3) is 0 Å². The Balaban J connectivity index is 1.49. The summed E-state index contributed by atoms with van der Waals surface area (Å²) in [6, 6.07) is 0. The lowest BCUT2D eigenvalue weighted by molar-refractivity contribution is -0.202. The number of carbonyl (C=O) groups is 1. The number of Topliss-reactive ketones (excluding diaryl/α,β-unsaturated/α-hetero) is 1. The van der Waals surface area contributed by atoms with Crippen molar-refractivity contribution in [2.24, 2.45) is 44.3 Å². The van der Waals surface area contributed by atoms with E-state index in [9.17, 15) is 4.79 Å². The van der Waals surface area contributed by atoms with Gasteiger partial charge >= 0.3 is 0 Å². The zero-order valence-electron chi connectivity index (χ0n) is 22.0. The molecule has 2 nitrogen and oxygen atoms in total. The third kappa shape index (κ3) is 2.05. The lowest BCUT2D eigenvalue weighted by Gasteiger charge is -2.71. The fourth-order valence-electron chi connectivity index (χ4n) is 11.0. The predicted molar refractivity (Wildman–Crippen MR) is 129 cm³/mol. The highest BCUT2D eigenvalue weighted by Gasteiger charge is 2.82. The van der Waals surface area contributed by atoms with Crippen molar-refractivity contribution < 1.29 is 9.53 Å². The van der Waals surface area contributed by atoms with Crippen molar-refractivity contribution in [3.8, 4) is 0 Å². The highest BCUT2D eigenvalue weighted by atomic mass is 16.6. The molecule has 1 saturated heterocycles. The van der Waals surface area contributed by atoms with Crippen LogP contribution in [0.4, 0.5) is 0 Å². The minimum atomic E-state index is -0.230. The first-order valence-corrected chi connectivity index (χ1v) is 13.6. The molecule has 1 heterocycles. The van der Waals surface area contributed by atoms with Crippen LogP contribution in [0.5, 0.6) is 0 Å². The van der Waals surface area contributed by atoms with E-state index in [4.69, 9.17) is 4.74 Å². The van der Waals surface area contributed by atoms with Crippen LogP contribution in [0, 0.1) is 44.3 Å². The number of hydrogen-bond acceptors (Lipinski definition) is 2. The molecule has 0 amide bonds. The number of ether oxygens (including phenoxy) is 1. The van der Waals surface area contributed by atoms with Gasteiger partial charge in [-0.15, -0.1) is 0 Å². The largest absolute Gasteiger partial charge is 0.361 e. The molecule has 6 rings (SSSR count). The zero-order valence-corrected chi connectivity index (χ0v) is 22.0. The molecule has 32 heavy (non-hydrogen) atoms. The van der Waals surface area contributed by atoms with E-state index in [2.05, 4.69) is 61.5 Å². The number of hydrogen-bond donors (Lipinski definition) is 0. The summed E-state index contributed by atoms with van der Waals surface area (Å²) in [6.07, 6.45) is 13.8. The highest BCUT2D eigenvalue weighted by molar-refractivity contribution is 5.86. The van der Waals surface area contributed by atoms with Gasteiger partial charge in [0, 0.05) is 17.3 Å². The van der Waals surface area contributed by atoms with Crippen LogP contribution in [0.1, 0.15) is 113 Å². The van der Waals surface area contributed by atoms with Crippen LogP contribution < -0.4 is 0 Å². The molecule has 1 spiro atoms. The Morgan fingerprint density at radius 2 is 1.59 bits per heavy atom. The van der Waals surface area contributed by atoms with E-state index in [0.717, 1.165) is 25.2 Å². The Morgan fingerprint density at radius 3 is 2.31 bits per heavy atom. The maximum atomic E-state index is 12.9. The minimum absolute atomic E-state index is 0.0648. The fraction of sp³-hybridized carbons (Fsp3) is 0.900. The van der Waals surface area contributed by atoms with Crippen molar-refractivity contribution in [1.82, 2.24) is 0 Å². The molecule has 0 bridgehead atoms. The van der Waals surface area contributed by atoms with Crippen molar-refractivity contribution in [2.45, 2.75) is 125 Å². The Labute approximate surface area is 196 Å². The van der Waals surface area contributed by atoms with Crippen LogP contribution in [-0.4, -0.2) is 17.5 Å². The Kier molecular flexibility index (Phi) is 3.95. The Hall–Kier alpha value is -0.630. The van der Waals surface area contributed by atoms with E-state index in [1.165, 1.54) is 38.5 Å². The van der Waals surface area contributed by atoms with E-state index < -0.39 is 0 Å². The van der Waals surface area contributed by atoms with Gasteiger partial charge in [0.15, 0.2) is 0 Å². The van der Waals surface area contributed by atoms with E-state index in [1.807, 2.05) is 0 Å². The minimum Gasteiger partial charge on any atom is -0.361 e. The van der Waals surface area contributed by atoms with Gasteiger partial charge in [-0.25, -0.2) is 0 Å². The van der Waals surface area contributed by atoms with Crippen molar-refractivity contribution >= 4 is 5.78 Å². The molecule has 0 aromatic rings. The van der Waals surface area contributed by atoms with Crippen LogP contribution in [0.2, 0.25) is 0 Å². The summed E-state index contributed by atoms with van der Waals surface area (Å²) >= 11 is 0. The molecule has 2 heteroatoms. The van der Waals surface area contributed by atoms with Crippen LogP contribution in [0.3, 0.4) is 0 Å². The quantitative estimate of drug-likeness (QED) is 0.289. The lowest BCUT2D eigenvalue weighted by Crippen LogP contribution is -2.68. The molecule has 4 saturated carbocycles. The molecule has 178 valence electrons. The summed E-state index contributed by atoms with van der Waals surface area (Å²) in [4.78, 5) is 12.9. The summed E-state index contributed by atoms with van der Waals surface area (Å²) in [6.45, 7) is 20.0. The summed E-state index contributed by atoms with van der Waals surface area (Å²) in [5.74, 6) is 1.65. The molecule has 0 aromatic carbocycles. The monoisotopic (exact) mass is 438 g/mol. The highest BCUT2D eigenvalue weighted by Crippen LogP contribution is 2.81. The molecule has 8 atom stereocenters. The average Bonchev–Trinajstić information content (AvgIpc) is 3.43. The topological polar surface area (TPSA) is 29.6 Å². The standard InChI is InChI=1S/C30H46O2/c1-24(2)13-9-10-20-27(24,6)16-17-29(8)28(20,7)15-11-19-26(5)14-12-22(31)25(3,4)21(26)18-23-30(19,29)32-23/h11,20-21,23H,9-10,12-18H2,1-8H3/t20-,21+,23-,26-,27+,28+,29+,30+/m1/s1. The molecule has 0 aromatic heterocycles. The maximum absolute atomic E-state index is 12.9. The van der Waals surface area contributed by atoms with Gasteiger partial charge in [0.05, 0.1) is 6.10 Å². The van der Waals surface area contributed by atoms with E-state index in [-0.39, 0.29) is 21.8 Å². The van der Waals surface area contributed by atoms with E-state index in [0.29, 0.717) is 34.1 Å². The van der Waals surface area contributed by atoms with Crippen LogP contribution in [0.15, 0.2) is 11.6 Å². The first-order chi connectivity index (χ1) is 14.7. The number of epoxide rings is 1. The second-order valence-electron chi connectivity index (χ2n) is 15.0. The first-order valence-electron chi connectivity index (χ1n) is 13.6. The van der Waals surface area contributed by atoms with Gasteiger partial charge in [-0.3, -0.25) is 4.79 Å². The van der Waals surface area contributed by atoms with Crippen molar-refractivity contribution in [1.29, 1.82) is 0 Å². The molecular formula is C30H46O2. The lowest BCUT2D eigenvalue weighted by atomic mass is 9.32. The van der Waals surface area contributed by atoms with E-state index >= 15 is 0 Å². The average molecular weight is 439 g/mol. The number of rotatable bonds is 0. The van der Waals surface area contributed by atoms with E-state index in [1.54, 1.807) is 5.57 Å². The van der Waals surface area contributed by atoms with Crippen molar-refractivity contribution in [2.75, 3.05) is 0 Å². The van der Waals surface area contributed by atoms with Crippen LogP contribution in [-0.2, 0) is 9.53 Å². The van der Waals surface area contributed by atoms with Gasteiger partial charge in [0.25, 0.3) is 0 Å². The fourth-order valence-corrected chi connectivity index (χ4v) is 11.0. The zero-order chi connectivity index (χ0) is 23.2. The van der Waals surface area contributed by atoms with Gasteiger partial charge in [-0.2, -0.15) is 0 Å². The van der Waals surface area contributed by atoms with Crippen molar-refractivity contribution in [3.05, 3.63) is 11.6 Å². The van der Waals surface area contributed by atoms with Crippen molar-refractivity contribution in [3.63, 3.8) is 0 Å². The molecule has 5 fully saturated rings. The number of fused-ring (bicyclic) bond motifs is 5. The third-order valence-electron chi connectivity index (χ3n) is 13.8. The number of ketones is 1. The third-order valence-corrected chi connectivity index (χ3v) is 13.8.